The van der Waals surface area contributed by atoms with Gasteiger partial charge < -0.3 is 15.0 Å². The quantitative estimate of drug-likeness (QED) is 0.854. The predicted molar refractivity (Wildman–Crippen MR) is 80.8 cm³/mol. The summed E-state index contributed by atoms with van der Waals surface area (Å²) in [5.74, 6) is -0.434. The topological polar surface area (TPSA) is 74.3 Å². The summed E-state index contributed by atoms with van der Waals surface area (Å²) in [7, 11) is 3.03. The molecule has 1 atom stereocenters. The molecule has 0 saturated heterocycles. The number of nitrogens with zero attached hydrogens (tertiary/aromatic N) is 1. The fourth-order valence-electron chi connectivity index (χ4n) is 2.13. The summed E-state index contributed by atoms with van der Waals surface area (Å²) in [6, 6.07) is 10.4. The molecule has 2 N–H and O–H groups in total. The molecule has 1 aromatic heterocycles. The van der Waals surface area contributed by atoms with Crippen LogP contribution in [0.15, 0.2) is 47.4 Å². The Morgan fingerprint density at radius 2 is 1.95 bits per heavy atom. The summed E-state index contributed by atoms with van der Waals surface area (Å²) < 4.78 is 6.14. The minimum absolute atomic E-state index is 0.0449. The number of carbonyl (C=O) groups is 1. The first-order valence-electron chi connectivity index (χ1n) is 6.61. The van der Waals surface area contributed by atoms with Crippen LogP contribution in [-0.4, -0.2) is 23.7 Å². The first-order valence-corrected chi connectivity index (χ1v) is 6.61. The molecule has 5 nitrogen and oxygen atoms in total. The van der Waals surface area contributed by atoms with Crippen molar-refractivity contribution < 1.29 is 9.53 Å². The van der Waals surface area contributed by atoms with E-state index in [9.17, 15) is 9.59 Å². The Hall–Kier alpha value is -2.40. The molecule has 0 saturated carbocycles. The predicted octanol–water partition coefficient (Wildman–Crippen LogP) is 1.10. The summed E-state index contributed by atoms with van der Waals surface area (Å²) in [6.45, 7) is 0. The highest BCUT2D eigenvalue weighted by Gasteiger charge is 2.14. The molecule has 0 spiro atoms. The molecule has 2 rings (SSSR count). The Morgan fingerprint density at radius 1 is 1.29 bits per heavy atom. The number of benzene rings is 1. The van der Waals surface area contributed by atoms with Crippen molar-refractivity contribution in [3.05, 3.63) is 58.5 Å². The lowest BCUT2D eigenvalue weighted by atomic mass is 10.0. The van der Waals surface area contributed by atoms with Crippen molar-refractivity contribution in [3.8, 4) is 11.1 Å². The number of pyridine rings is 1. The van der Waals surface area contributed by atoms with Crippen molar-refractivity contribution >= 4 is 5.97 Å². The van der Waals surface area contributed by atoms with E-state index in [1.807, 2.05) is 30.3 Å². The number of ether oxygens (including phenoxy) is 1. The number of hydrogen-bond acceptors (Lipinski definition) is 4. The fraction of sp³-hybridized carbons (Fsp3) is 0.250. The van der Waals surface area contributed by atoms with Crippen molar-refractivity contribution in [1.29, 1.82) is 0 Å². The number of aryl methyl sites for hydroxylation is 1. The third-order valence-corrected chi connectivity index (χ3v) is 3.35. The van der Waals surface area contributed by atoms with Crippen molar-refractivity contribution in [3.63, 3.8) is 0 Å². The van der Waals surface area contributed by atoms with E-state index in [4.69, 9.17) is 5.73 Å². The van der Waals surface area contributed by atoms with Crippen LogP contribution < -0.4 is 11.3 Å². The molecule has 110 valence electrons. The van der Waals surface area contributed by atoms with Crippen LogP contribution in [0.25, 0.3) is 11.1 Å². The van der Waals surface area contributed by atoms with Gasteiger partial charge in [-0.05, 0) is 29.7 Å². The van der Waals surface area contributed by atoms with Gasteiger partial charge in [-0.3, -0.25) is 9.59 Å². The van der Waals surface area contributed by atoms with E-state index in [1.54, 1.807) is 19.3 Å². The average Bonchev–Trinajstić information content (AvgIpc) is 2.50. The Bertz CT molecular complexity index is 689. The molecular formula is C16H18N2O3. The minimum atomic E-state index is -0.676. The van der Waals surface area contributed by atoms with E-state index in [-0.39, 0.29) is 5.56 Å². The highest BCUT2D eigenvalue weighted by Crippen LogP contribution is 2.16. The molecule has 21 heavy (non-hydrogen) atoms. The van der Waals surface area contributed by atoms with Gasteiger partial charge in [0.05, 0.1) is 7.11 Å². The Kier molecular flexibility index (Phi) is 4.55. The minimum Gasteiger partial charge on any atom is -0.468 e. The lowest BCUT2D eigenvalue weighted by Gasteiger charge is -2.10. The van der Waals surface area contributed by atoms with Gasteiger partial charge in [0.2, 0.25) is 0 Å². The third kappa shape index (κ3) is 3.38. The molecule has 0 aliphatic rings. The molecule has 5 heteroatoms. The van der Waals surface area contributed by atoms with Crippen molar-refractivity contribution in [2.45, 2.75) is 12.5 Å². The highest BCUT2D eigenvalue weighted by molar-refractivity contribution is 5.75. The number of nitrogens with two attached hydrogens (primary N) is 1. The summed E-state index contributed by atoms with van der Waals surface area (Å²) in [5, 5.41) is 0. The van der Waals surface area contributed by atoms with Gasteiger partial charge in [0.1, 0.15) is 6.04 Å². The van der Waals surface area contributed by atoms with Crippen LogP contribution in [0.5, 0.6) is 0 Å². The third-order valence-electron chi connectivity index (χ3n) is 3.35. The van der Waals surface area contributed by atoms with Crippen LogP contribution in [-0.2, 0) is 23.0 Å². The first kappa shape index (κ1) is 15.0. The monoisotopic (exact) mass is 286 g/mol. The maximum absolute atomic E-state index is 12.0. The number of carbonyl (C=O) groups excluding carboxylic acids is 1. The number of hydrogen-bond donors (Lipinski definition) is 1. The van der Waals surface area contributed by atoms with Crippen LogP contribution in [0.1, 0.15) is 5.56 Å². The highest BCUT2D eigenvalue weighted by atomic mass is 16.5. The van der Waals surface area contributed by atoms with Crippen LogP contribution >= 0.6 is 0 Å². The van der Waals surface area contributed by atoms with E-state index in [2.05, 4.69) is 4.74 Å². The number of esters is 1. The molecule has 0 radical (unpaired) electrons. The first-order chi connectivity index (χ1) is 10.0. The van der Waals surface area contributed by atoms with Crippen LogP contribution in [0.3, 0.4) is 0 Å². The lowest BCUT2D eigenvalue weighted by Crippen LogP contribution is -2.33. The Balaban J connectivity index is 2.21. The molecule has 1 unspecified atom stereocenters. The molecular weight excluding hydrogens is 268 g/mol. The van der Waals surface area contributed by atoms with E-state index in [0.717, 1.165) is 11.1 Å². The number of methoxy groups -OCH3 is 1. The average molecular weight is 286 g/mol. The molecule has 1 aromatic carbocycles. The van der Waals surface area contributed by atoms with Gasteiger partial charge in [-0.2, -0.15) is 0 Å². The van der Waals surface area contributed by atoms with Gasteiger partial charge in [-0.1, -0.05) is 24.3 Å². The Morgan fingerprint density at radius 3 is 2.57 bits per heavy atom. The Labute approximate surface area is 123 Å². The second-order valence-corrected chi connectivity index (χ2v) is 4.87. The number of rotatable bonds is 4. The molecule has 0 aliphatic carbocycles. The smallest absolute Gasteiger partial charge is 0.322 e. The van der Waals surface area contributed by atoms with Gasteiger partial charge in [-0.15, -0.1) is 0 Å². The maximum Gasteiger partial charge on any atom is 0.322 e. The summed E-state index contributed by atoms with van der Waals surface area (Å²) in [5.41, 5.74) is 8.08. The lowest BCUT2D eigenvalue weighted by molar-refractivity contribution is -0.142. The van der Waals surface area contributed by atoms with Gasteiger partial charge in [0, 0.05) is 18.8 Å². The van der Waals surface area contributed by atoms with E-state index >= 15 is 0 Å². The second kappa shape index (κ2) is 6.37. The zero-order chi connectivity index (χ0) is 15.4. The molecule has 0 aliphatic heterocycles. The van der Waals surface area contributed by atoms with Crippen LogP contribution in [0.2, 0.25) is 0 Å². The van der Waals surface area contributed by atoms with Crippen LogP contribution in [0.4, 0.5) is 0 Å². The summed E-state index contributed by atoms with van der Waals surface area (Å²) in [6.07, 6.45) is 2.12. The van der Waals surface area contributed by atoms with E-state index in [1.165, 1.54) is 11.7 Å². The molecule has 2 aromatic rings. The van der Waals surface area contributed by atoms with Crippen molar-refractivity contribution in [2.24, 2.45) is 12.8 Å². The largest absolute Gasteiger partial charge is 0.468 e. The fourth-order valence-corrected chi connectivity index (χ4v) is 2.13. The van der Waals surface area contributed by atoms with Crippen LogP contribution in [0, 0.1) is 0 Å². The van der Waals surface area contributed by atoms with Gasteiger partial charge in [0.25, 0.3) is 5.56 Å². The van der Waals surface area contributed by atoms with Crippen molar-refractivity contribution in [1.82, 2.24) is 4.57 Å². The molecule has 0 bridgehead atoms. The normalized spacial score (nSPS) is 12.0. The second-order valence-electron chi connectivity index (χ2n) is 4.87. The zero-order valence-corrected chi connectivity index (χ0v) is 12.1. The maximum atomic E-state index is 12.0. The number of aromatic nitrogens is 1. The van der Waals surface area contributed by atoms with Gasteiger partial charge in [-0.25, -0.2) is 0 Å². The molecule has 0 amide bonds. The molecule has 1 heterocycles. The SMILES string of the molecule is COC(=O)C(N)Cc1ccc(-c2cccn(C)c2=O)cc1. The molecule has 0 fully saturated rings. The standard InChI is InChI=1S/C16H18N2O3/c1-18-9-3-4-13(15(18)19)12-7-5-11(6-8-12)10-14(17)16(20)21-2/h3-9,14H,10,17H2,1-2H3. The van der Waals surface area contributed by atoms with E-state index in [0.29, 0.717) is 12.0 Å². The summed E-state index contributed by atoms with van der Waals surface area (Å²) >= 11 is 0. The zero-order valence-electron chi connectivity index (χ0n) is 12.1. The van der Waals surface area contributed by atoms with E-state index < -0.39 is 12.0 Å². The van der Waals surface area contributed by atoms with Crippen molar-refractivity contribution in [2.75, 3.05) is 7.11 Å². The van der Waals surface area contributed by atoms with Gasteiger partial charge >= 0.3 is 5.97 Å². The van der Waals surface area contributed by atoms with Gasteiger partial charge in [0.15, 0.2) is 0 Å². The summed E-state index contributed by atoms with van der Waals surface area (Å²) in [4.78, 5) is 23.3.